The number of rotatable bonds is 8. The van der Waals surface area contributed by atoms with E-state index in [4.69, 9.17) is 4.74 Å². The molecule has 1 aliphatic rings. The Morgan fingerprint density at radius 2 is 1.89 bits per heavy atom. The first-order valence-corrected chi connectivity index (χ1v) is 14.1. The van der Waals surface area contributed by atoms with Crippen molar-refractivity contribution in [2.75, 3.05) is 24.2 Å². The summed E-state index contributed by atoms with van der Waals surface area (Å²) in [4.78, 5) is 5.49. The topological polar surface area (TPSA) is 83.6 Å². The maximum Gasteiger partial charge on any atom is 0.238 e. The van der Waals surface area contributed by atoms with E-state index < -0.39 is 10.0 Å². The van der Waals surface area contributed by atoms with E-state index in [0.29, 0.717) is 17.4 Å². The molecule has 2 aromatic carbocycles. The third kappa shape index (κ3) is 6.90. The first kappa shape index (κ1) is 30.3. The second-order valence-electron chi connectivity index (χ2n) is 8.63. The van der Waals surface area contributed by atoms with Crippen molar-refractivity contribution in [3.63, 3.8) is 0 Å². The third-order valence-electron chi connectivity index (χ3n) is 6.19. The van der Waals surface area contributed by atoms with Crippen LogP contribution in [-0.4, -0.2) is 39.4 Å². The Bertz CT molecular complexity index is 1220. The minimum Gasteiger partial charge on any atom is -0.496 e. The van der Waals surface area contributed by atoms with Crippen LogP contribution in [0.3, 0.4) is 0 Å². The molecule has 0 saturated carbocycles. The second kappa shape index (κ2) is 13.1. The number of aryl methyl sites for hydroxylation is 2. The van der Waals surface area contributed by atoms with Gasteiger partial charge >= 0.3 is 0 Å². The van der Waals surface area contributed by atoms with E-state index in [1.807, 2.05) is 32.0 Å². The van der Waals surface area contributed by atoms with Crippen LogP contribution in [0.4, 0.5) is 10.8 Å². The lowest BCUT2D eigenvalue weighted by Crippen LogP contribution is -2.45. The molecule has 1 aromatic heterocycles. The molecule has 198 valence electrons. The maximum atomic E-state index is 12.8. The number of nitrogens with zero attached hydrogens (tertiary/aromatic N) is 2. The number of aromatic nitrogens is 1. The molecule has 0 bridgehead atoms. The van der Waals surface area contributed by atoms with E-state index >= 15 is 0 Å². The highest BCUT2D eigenvalue weighted by Crippen LogP contribution is 2.36. The van der Waals surface area contributed by atoms with Gasteiger partial charge in [0.25, 0.3) is 0 Å². The fourth-order valence-electron chi connectivity index (χ4n) is 4.38. The van der Waals surface area contributed by atoms with Gasteiger partial charge in [0, 0.05) is 29.1 Å². The van der Waals surface area contributed by atoms with Gasteiger partial charge < -0.3 is 15.4 Å². The summed E-state index contributed by atoms with van der Waals surface area (Å²) in [5.41, 5.74) is 3.55. The number of ether oxygens (including phenoxy) is 1. The molecule has 0 radical (unpaired) electrons. The molecule has 2 atom stereocenters. The van der Waals surface area contributed by atoms with Crippen molar-refractivity contribution in [3.05, 3.63) is 70.2 Å². The summed E-state index contributed by atoms with van der Waals surface area (Å²) in [6.07, 6.45) is 3.36. The molecule has 0 amide bonds. The zero-order chi connectivity index (χ0) is 24.3. The van der Waals surface area contributed by atoms with Gasteiger partial charge in [0.2, 0.25) is 15.2 Å². The SMILES string of the molecule is COc1ccc(N(c2nc(C)c(C)s2)S(C)(=O)=O)cc1CN[C@H]1CCCN[C@H]1c1ccccc1.Cl.Cl. The van der Waals surface area contributed by atoms with Crippen LogP contribution in [0.25, 0.3) is 0 Å². The monoisotopic (exact) mass is 572 g/mol. The fourth-order valence-corrected chi connectivity index (χ4v) is 6.55. The van der Waals surface area contributed by atoms with E-state index in [1.165, 1.54) is 27.5 Å². The first-order valence-electron chi connectivity index (χ1n) is 11.4. The fraction of sp³-hybridized carbons (Fsp3) is 0.400. The summed E-state index contributed by atoms with van der Waals surface area (Å²) >= 11 is 1.37. The van der Waals surface area contributed by atoms with Crippen LogP contribution in [0.5, 0.6) is 5.75 Å². The lowest BCUT2D eigenvalue weighted by molar-refractivity contribution is 0.303. The highest BCUT2D eigenvalue weighted by Gasteiger charge is 2.27. The highest BCUT2D eigenvalue weighted by atomic mass is 35.5. The van der Waals surface area contributed by atoms with Crippen LogP contribution in [0.2, 0.25) is 0 Å². The molecule has 7 nitrogen and oxygen atoms in total. The molecule has 1 fully saturated rings. The Kier molecular flexibility index (Phi) is 11.0. The molecule has 1 saturated heterocycles. The predicted molar refractivity (Wildman–Crippen MR) is 153 cm³/mol. The van der Waals surface area contributed by atoms with Crippen molar-refractivity contribution in [2.24, 2.45) is 0 Å². The van der Waals surface area contributed by atoms with Crippen LogP contribution < -0.4 is 19.7 Å². The average molecular weight is 574 g/mol. The summed E-state index contributed by atoms with van der Waals surface area (Å²) in [6.45, 7) is 5.38. The molecule has 0 unspecified atom stereocenters. The molecule has 1 aliphatic heterocycles. The quantitative estimate of drug-likeness (QED) is 0.381. The van der Waals surface area contributed by atoms with Crippen molar-refractivity contribution in [1.29, 1.82) is 0 Å². The largest absolute Gasteiger partial charge is 0.496 e. The molecule has 0 spiro atoms. The Hall–Kier alpha value is -1.88. The summed E-state index contributed by atoms with van der Waals surface area (Å²) in [5, 5.41) is 7.78. The van der Waals surface area contributed by atoms with Crippen molar-refractivity contribution in [3.8, 4) is 5.75 Å². The molecule has 2 N–H and O–H groups in total. The Morgan fingerprint density at radius 1 is 1.17 bits per heavy atom. The van der Waals surface area contributed by atoms with Gasteiger partial charge in [-0.05, 0) is 57.0 Å². The van der Waals surface area contributed by atoms with Crippen molar-refractivity contribution in [1.82, 2.24) is 15.6 Å². The molecule has 11 heteroatoms. The van der Waals surface area contributed by atoms with Gasteiger partial charge in [0.15, 0.2) is 0 Å². The zero-order valence-corrected chi connectivity index (χ0v) is 24.1. The van der Waals surface area contributed by atoms with Gasteiger partial charge in [-0.3, -0.25) is 0 Å². The van der Waals surface area contributed by atoms with Gasteiger partial charge in [-0.1, -0.05) is 30.3 Å². The average Bonchev–Trinajstić information content (AvgIpc) is 3.15. The Labute approximate surface area is 230 Å². The number of anilines is 2. The van der Waals surface area contributed by atoms with Gasteiger partial charge in [-0.25, -0.2) is 17.7 Å². The van der Waals surface area contributed by atoms with Crippen LogP contribution >= 0.6 is 36.2 Å². The molecule has 0 aliphatic carbocycles. The van der Waals surface area contributed by atoms with Crippen LogP contribution in [0.1, 0.15) is 40.6 Å². The summed E-state index contributed by atoms with van der Waals surface area (Å²) in [7, 11) is -1.95. The number of methoxy groups -OCH3 is 1. The number of thiazole rings is 1. The summed E-state index contributed by atoms with van der Waals surface area (Å²) < 4.78 is 32.4. The second-order valence-corrected chi connectivity index (χ2v) is 11.6. The smallest absolute Gasteiger partial charge is 0.238 e. The van der Waals surface area contributed by atoms with Crippen LogP contribution in [-0.2, 0) is 16.6 Å². The zero-order valence-electron chi connectivity index (χ0n) is 20.9. The molecule has 3 aromatic rings. The minimum absolute atomic E-state index is 0. The van der Waals surface area contributed by atoms with Crippen molar-refractivity contribution >= 4 is 57.0 Å². The van der Waals surface area contributed by atoms with Crippen LogP contribution in [0, 0.1) is 13.8 Å². The molecule has 4 rings (SSSR count). The van der Waals surface area contributed by atoms with E-state index in [9.17, 15) is 8.42 Å². The lowest BCUT2D eigenvalue weighted by atomic mass is 9.92. The van der Waals surface area contributed by atoms with Crippen LogP contribution in [0.15, 0.2) is 48.5 Å². The maximum absolute atomic E-state index is 12.8. The number of piperidine rings is 1. The minimum atomic E-state index is -3.58. The third-order valence-corrected chi connectivity index (χ3v) is 8.41. The van der Waals surface area contributed by atoms with Crippen molar-refractivity contribution < 1.29 is 13.2 Å². The van der Waals surface area contributed by atoms with Gasteiger partial charge in [0.1, 0.15) is 5.75 Å². The molecular weight excluding hydrogens is 539 g/mol. The van der Waals surface area contributed by atoms with Crippen molar-refractivity contribution in [2.45, 2.75) is 45.3 Å². The Balaban J connectivity index is 0.00000228. The highest BCUT2D eigenvalue weighted by molar-refractivity contribution is 7.92. The number of hydrogen-bond donors (Lipinski definition) is 2. The predicted octanol–water partition coefficient (Wildman–Crippen LogP) is 5.29. The number of benzene rings is 2. The summed E-state index contributed by atoms with van der Waals surface area (Å²) in [6, 6.07) is 16.4. The first-order chi connectivity index (χ1) is 16.3. The van der Waals surface area contributed by atoms with E-state index in [2.05, 4.69) is 39.9 Å². The number of sulfonamides is 1. The normalized spacial score (nSPS) is 17.6. The molecule has 2 heterocycles. The number of nitrogens with one attached hydrogen (secondary N) is 2. The van der Waals surface area contributed by atoms with Gasteiger partial charge in [0.05, 0.1) is 24.7 Å². The van der Waals surface area contributed by atoms with Gasteiger partial charge in [-0.2, -0.15) is 0 Å². The molecule has 36 heavy (non-hydrogen) atoms. The summed E-state index contributed by atoms with van der Waals surface area (Å²) in [5.74, 6) is 0.719. The van der Waals surface area contributed by atoms with E-state index in [1.54, 1.807) is 13.2 Å². The molecular formula is C25H34Cl2N4O3S2. The van der Waals surface area contributed by atoms with Gasteiger partial charge in [-0.15, -0.1) is 36.2 Å². The van der Waals surface area contributed by atoms with E-state index in [0.717, 1.165) is 41.3 Å². The number of hydrogen-bond acceptors (Lipinski definition) is 7. The lowest BCUT2D eigenvalue weighted by Gasteiger charge is -2.34. The van der Waals surface area contributed by atoms with E-state index in [-0.39, 0.29) is 36.9 Å². The standard InChI is InChI=1S/C25H32N4O3S2.2ClH/c1-17-18(2)33-25(28-17)29(34(4,30)31)21-12-13-23(32-3)20(15-21)16-27-22-11-8-14-26-24(22)19-9-6-5-7-10-19;;/h5-7,9-10,12-13,15,22,24,26-27H,8,11,14,16H2,1-4H3;2*1H/t22-,24-;;/m0../s1. The number of halogens is 2. The Morgan fingerprint density at radius 3 is 2.50 bits per heavy atom.